The Bertz CT molecular complexity index is 1310. The highest BCUT2D eigenvalue weighted by Crippen LogP contribution is 2.23. The van der Waals surface area contributed by atoms with Crippen LogP contribution < -0.4 is 10.9 Å². The summed E-state index contributed by atoms with van der Waals surface area (Å²) in [4.78, 5) is 30.5. The van der Waals surface area contributed by atoms with Crippen LogP contribution in [-0.2, 0) is 4.79 Å². The van der Waals surface area contributed by atoms with Crippen LogP contribution in [0.15, 0.2) is 76.7 Å². The Hall–Kier alpha value is -3.09. The number of amides is 1. The van der Waals surface area contributed by atoms with Gasteiger partial charge in [-0.1, -0.05) is 41.6 Å². The van der Waals surface area contributed by atoms with Gasteiger partial charge in [-0.05, 0) is 73.5 Å². The Labute approximate surface area is 189 Å². The van der Waals surface area contributed by atoms with E-state index < -0.39 is 0 Å². The maximum Gasteiger partial charge on any atom is 0.266 e. The molecule has 0 spiro atoms. The summed E-state index contributed by atoms with van der Waals surface area (Å²) in [5.74, 6) is -0.0502. The van der Waals surface area contributed by atoms with Gasteiger partial charge >= 0.3 is 0 Å². The molecule has 0 aliphatic carbocycles. The second-order valence-corrected chi connectivity index (χ2v) is 8.62. The number of fused-ring (bicyclic) bond motifs is 1. The highest BCUT2D eigenvalue weighted by atomic mass is 35.5. The number of rotatable bonds is 5. The van der Waals surface area contributed by atoms with Crippen molar-refractivity contribution in [3.05, 3.63) is 93.2 Å². The molecule has 1 N–H and O–H groups in total. The molecule has 0 unspecified atom stereocenters. The number of halogens is 1. The van der Waals surface area contributed by atoms with E-state index in [9.17, 15) is 9.59 Å². The number of benzene rings is 3. The fourth-order valence-corrected chi connectivity index (χ4v) is 4.34. The molecule has 0 saturated carbocycles. The largest absolute Gasteiger partial charge is 0.325 e. The van der Waals surface area contributed by atoms with Crippen LogP contribution in [0.2, 0.25) is 5.02 Å². The molecule has 0 aliphatic heterocycles. The molecule has 1 aromatic heterocycles. The first-order chi connectivity index (χ1) is 14.9. The van der Waals surface area contributed by atoms with Crippen LogP contribution in [0.1, 0.15) is 11.1 Å². The molecule has 156 valence electrons. The Balaban J connectivity index is 1.66. The highest BCUT2D eigenvalue weighted by molar-refractivity contribution is 7.99. The Morgan fingerprint density at radius 2 is 1.71 bits per heavy atom. The van der Waals surface area contributed by atoms with Crippen molar-refractivity contribution in [2.45, 2.75) is 19.0 Å². The lowest BCUT2D eigenvalue weighted by molar-refractivity contribution is -0.113. The van der Waals surface area contributed by atoms with E-state index in [4.69, 9.17) is 11.6 Å². The lowest BCUT2D eigenvalue weighted by Crippen LogP contribution is -2.23. The van der Waals surface area contributed by atoms with Gasteiger partial charge in [0.1, 0.15) is 0 Å². The minimum Gasteiger partial charge on any atom is -0.325 e. The molecule has 0 atom stereocenters. The van der Waals surface area contributed by atoms with Crippen molar-refractivity contribution >= 4 is 45.9 Å². The average Bonchev–Trinajstić information content (AvgIpc) is 2.72. The van der Waals surface area contributed by atoms with Crippen LogP contribution in [0.4, 0.5) is 5.69 Å². The number of aromatic nitrogens is 2. The molecule has 0 bridgehead atoms. The summed E-state index contributed by atoms with van der Waals surface area (Å²) >= 11 is 7.23. The predicted octanol–water partition coefficient (Wildman–Crippen LogP) is 5.39. The molecule has 0 aliphatic rings. The fourth-order valence-electron chi connectivity index (χ4n) is 3.40. The third-order valence-electron chi connectivity index (χ3n) is 4.67. The van der Waals surface area contributed by atoms with Crippen LogP contribution in [0.5, 0.6) is 0 Å². The fraction of sp³-hybridized carbons (Fsp3) is 0.125. The quantitative estimate of drug-likeness (QED) is 0.328. The van der Waals surface area contributed by atoms with Gasteiger partial charge < -0.3 is 5.32 Å². The number of nitrogens with one attached hydrogen (secondary N) is 1. The second-order valence-electron chi connectivity index (χ2n) is 7.24. The average molecular weight is 450 g/mol. The molecular weight excluding hydrogens is 430 g/mol. The maximum absolute atomic E-state index is 13.2. The standard InChI is InChI=1S/C24H20ClN3O2S/c1-15-11-16(2)13-18(12-15)26-22(29)14-31-24-27-21-6-4-3-5-20(21)23(30)28(24)19-9-7-17(25)8-10-19/h3-13H,14H2,1-2H3,(H,26,29). The smallest absolute Gasteiger partial charge is 0.266 e. The molecule has 1 heterocycles. The number of hydrogen-bond acceptors (Lipinski definition) is 4. The van der Waals surface area contributed by atoms with Gasteiger partial charge in [0.15, 0.2) is 5.16 Å². The summed E-state index contributed by atoms with van der Waals surface area (Å²) in [5.41, 5.74) is 3.96. The van der Waals surface area contributed by atoms with Gasteiger partial charge in [-0.15, -0.1) is 0 Å². The predicted molar refractivity (Wildman–Crippen MR) is 128 cm³/mol. The number of carbonyl (C=O) groups is 1. The molecular formula is C24H20ClN3O2S. The zero-order valence-corrected chi connectivity index (χ0v) is 18.6. The monoisotopic (exact) mass is 449 g/mol. The molecule has 0 fully saturated rings. The summed E-state index contributed by atoms with van der Waals surface area (Å²) in [6.07, 6.45) is 0. The van der Waals surface area contributed by atoms with E-state index in [0.29, 0.717) is 26.8 Å². The van der Waals surface area contributed by atoms with E-state index in [1.165, 1.54) is 16.3 Å². The molecule has 7 heteroatoms. The summed E-state index contributed by atoms with van der Waals surface area (Å²) in [6.45, 7) is 3.97. The molecule has 4 aromatic rings. The summed E-state index contributed by atoms with van der Waals surface area (Å²) in [6, 6.07) is 20.1. The van der Waals surface area contributed by atoms with E-state index in [2.05, 4.69) is 10.3 Å². The Morgan fingerprint density at radius 3 is 2.42 bits per heavy atom. The van der Waals surface area contributed by atoms with Gasteiger partial charge in [-0.3, -0.25) is 14.2 Å². The van der Waals surface area contributed by atoms with Crippen LogP contribution in [0, 0.1) is 13.8 Å². The van der Waals surface area contributed by atoms with E-state index in [-0.39, 0.29) is 17.2 Å². The van der Waals surface area contributed by atoms with E-state index in [1.807, 2.05) is 44.2 Å². The van der Waals surface area contributed by atoms with Crippen molar-refractivity contribution in [1.82, 2.24) is 9.55 Å². The summed E-state index contributed by atoms with van der Waals surface area (Å²) in [5, 5.41) is 4.46. The number of nitrogens with zero attached hydrogens (tertiary/aromatic N) is 2. The Kier molecular flexibility index (Phi) is 6.11. The van der Waals surface area contributed by atoms with Crippen molar-refractivity contribution in [1.29, 1.82) is 0 Å². The first-order valence-corrected chi connectivity index (χ1v) is 11.1. The van der Waals surface area contributed by atoms with E-state index in [1.54, 1.807) is 36.4 Å². The number of carbonyl (C=O) groups excluding carboxylic acids is 1. The third kappa shape index (κ3) is 4.81. The van der Waals surface area contributed by atoms with Crippen LogP contribution in [-0.4, -0.2) is 21.2 Å². The van der Waals surface area contributed by atoms with Gasteiger partial charge in [-0.25, -0.2) is 4.98 Å². The maximum atomic E-state index is 13.2. The van der Waals surface area contributed by atoms with Gasteiger partial charge in [0.05, 0.1) is 22.3 Å². The van der Waals surface area contributed by atoms with Crippen LogP contribution in [0.3, 0.4) is 0 Å². The van der Waals surface area contributed by atoms with Crippen molar-refractivity contribution in [3.8, 4) is 5.69 Å². The van der Waals surface area contributed by atoms with Crippen LogP contribution >= 0.6 is 23.4 Å². The zero-order valence-electron chi connectivity index (χ0n) is 17.1. The SMILES string of the molecule is Cc1cc(C)cc(NC(=O)CSc2nc3ccccc3c(=O)n2-c2ccc(Cl)cc2)c1. The van der Waals surface area contributed by atoms with Gasteiger partial charge in [0, 0.05) is 10.7 Å². The molecule has 1 amide bonds. The molecule has 5 nitrogen and oxygen atoms in total. The first-order valence-electron chi connectivity index (χ1n) is 9.69. The Morgan fingerprint density at radius 1 is 1.03 bits per heavy atom. The van der Waals surface area contributed by atoms with Crippen molar-refractivity contribution < 1.29 is 4.79 Å². The van der Waals surface area contributed by atoms with Crippen molar-refractivity contribution in [3.63, 3.8) is 0 Å². The lowest BCUT2D eigenvalue weighted by atomic mass is 10.1. The first kappa shape index (κ1) is 21.2. The van der Waals surface area contributed by atoms with Gasteiger partial charge in [-0.2, -0.15) is 0 Å². The number of para-hydroxylation sites is 1. The second kappa shape index (κ2) is 8.96. The molecule has 0 radical (unpaired) electrons. The third-order valence-corrected chi connectivity index (χ3v) is 5.86. The van der Waals surface area contributed by atoms with Crippen LogP contribution in [0.25, 0.3) is 16.6 Å². The van der Waals surface area contributed by atoms with E-state index in [0.717, 1.165) is 16.8 Å². The topological polar surface area (TPSA) is 64.0 Å². The lowest BCUT2D eigenvalue weighted by Gasteiger charge is -2.13. The van der Waals surface area contributed by atoms with Gasteiger partial charge in [0.2, 0.25) is 5.91 Å². The number of aryl methyl sites for hydroxylation is 2. The number of thioether (sulfide) groups is 1. The minimum atomic E-state index is -0.190. The van der Waals surface area contributed by atoms with Crippen molar-refractivity contribution in [2.24, 2.45) is 0 Å². The van der Waals surface area contributed by atoms with Gasteiger partial charge in [0.25, 0.3) is 5.56 Å². The zero-order chi connectivity index (χ0) is 22.0. The summed E-state index contributed by atoms with van der Waals surface area (Å²) < 4.78 is 1.52. The number of anilines is 1. The molecule has 0 saturated heterocycles. The molecule has 3 aromatic carbocycles. The normalized spacial score (nSPS) is 10.9. The van der Waals surface area contributed by atoms with Crippen molar-refractivity contribution in [2.75, 3.05) is 11.1 Å². The molecule has 4 rings (SSSR count). The number of hydrogen-bond donors (Lipinski definition) is 1. The highest BCUT2D eigenvalue weighted by Gasteiger charge is 2.15. The molecule has 31 heavy (non-hydrogen) atoms. The summed E-state index contributed by atoms with van der Waals surface area (Å²) in [7, 11) is 0. The van der Waals surface area contributed by atoms with E-state index >= 15 is 0 Å². The minimum absolute atomic E-state index is 0.116.